The van der Waals surface area contributed by atoms with Crippen molar-refractivity contribution >= 4 is 5.91 Å². The van der Waals surface area contributed by atoms with Crippen LogP contribution in [-0.4, -0.2) is 19.6 Å². The lowest BCUT2D eigenvalue weighted by molar-refractivity contribution is -0.120. The largest absolute Gasteiger partial charge is 0.497 e. The lowest BCUT2D eigenvalue weighted by atomic mass is 9.96. The van der Waals surface area contributed by atoms with Crippen LogP contribution in [0.5, 0.6) is 5.75 Å². The Kier molecular flexibility index (Phi) is 6.23. The zero-order valence-electron chi connectivity index (χ0n) is 13.8. The first-order valence-corrected chi connectivity index (χ1v) is 7.76. The maximum atomic E-state index is 12.0. The molecule has 0 fully saturated rings. The number of hydrogen-bond acceptors (Lipinski definition) is 4. The fraction of sp³-hybridized carbons (Fsp3) is 0.389. The van der Waals surface area contributed by atoms with Crippen molar-refractivity contribution in [1.29, 1.82) is 0 Å². The molecule has 2 aromatic rings. The molecule has 23 heavy (non-hydrogen) atoms. The Labute approximate surface area is 137 Å². The van der Waals surface area contributed by atoms with E-state index >= 15 is 0 Å². The van der Waals surface area contributed by atoms with Crippen molar-refractivity contribution in [3.05, 3.63) is 54.0 Å². The Morgan fingerprint density at radius 3 is 2.52 bits per heavy atom. The van der Waals surface area contributed by atoms with Gasteiger partial charge < -0.3 is 19.8 Å². The highest BCUT2D eigenvalue weighted by atomic mass is 16.5. The van der Waals surface area contributed by atoms with E-state index in [1.165, 1.54) is 0 Å². The van der Waals surface area contributed by atoms with Crippen LogP contribution in [0.15, 0.2) is 47.1 Å². The molecular formula is C18H24N2O3. The molecule has 5 nitrogen and oxygen atoms in total. The first-order chi connectivity index (χ1) is 11.1. The molecule has 0 unspecified atom stereocenters. The average molecular weight is 316 g/mol. The van der Waals surface area contributed by atoms with E-state index in [0.29, 0.717) is 12.5 Å². The third kappa shape index (κ3) is 5.14. The van der Waals surface area contributed by atoms with Crippen LogP contribution in [0.1, 0.15) is 31.2 Å². The summed E-state index contributed by atoms with van der Waals surface area (Å²) < 4.78 is 10.4. The second kappa shape index (κ2) is 8.39. The summed E-state index contributed by atoms with van der Waals surface area (Å²) in [5.74, 6) is 1.88. The van der Waals surface area contributed by atoms with Crippen LogP contribution in [0, 0.1) is 5.92 Å². The molecule has 0 aliphatic heterocycles. The van der Waals surface area contributed by atoms with E-state index in [-0.39, 0.29) is 18.5 Å². The van der Waals surface area contributed by atoms with Gasteiger partial charge in [0.2, 0.25) is 5.91 Å². The Morgan fingerprint density at radius 2 is 1.96 bits per heavy atom. The number of nitrogens with one attached hydrogen (secondary N) is 2. The van der Waals surface area contributed by atoms with E-state index in [1.807, 2.05) is 30.3 Å². The molecule has 0 aliphatic carbocycles. The average Bonchev–Trinajstić information content (AvgIpc) is 3.07. The highest BCUT2D eigenvalue weighted by molar-refractivity contribution is 5.77. The number of ether oxygens (including phenoxy) is 1. The normalized spacial score (nSPS) is 12.2. The lowest BCUT2D eigenvalue weighted by Gasteiger charge is -2.23. The molecule has 2 N–H and O–H groups in total. The fourth-order valence-corrected chi connectivity index (χ4v) is 2.41. The van der Waals surface area contributed by atoms with Gasteiger partial charge in [-0.25, -0.2) is 0 Å². The number of hydrogen-bond donors (Lipinski definition) is 2. The van der Waals surface area contributed by atoms with Crippen LogP contribution in [-0.2, 0) is 11.3 Å². The van der Waals surface area contributed by atoms with Crippen LogP contribution in [0.2, 0.25) is 0 Å². The topological polar surface area (TPSA) is 63.5 Å². The maximum absolute atomic E-state index is 12.0. The lowest BCUT2D eigenvalue weighted by Crippen LogP contribution is -2.37. The van der Waals surface area contributed by atoms with Crippen molar-refractivity contribution in [2.75, 3.05) is 13.7 Å². The van der Waals surface area contributed by atoms with Gasteiger partial charge in [-0.2, -0.15) is 0 Å². The van der Waals surface area contributed by atoms with Crippen molar-refractivity contribution in [2.24, 2.45) is 5.92 Å². The van der Waals surface area contributed by atoms with Gasteiger partial charge in [-0.1, -0.05) is 26.0 Å². The van der Waals surface area contributed by atoms with E-state index in [0.717, 1.165) is 17.1 Å². The quantitative estimate of drug-likeness (QED) is 0.786. The molecule has 1 amide bonds. The van der Waals surface area contributed by atoms with Crippen LogP contribution in [0.4, 0.5) is 0 Å². The molecule has 0 bridgehead atoms. The number of carbonyl (C=O) groups excluding carboxylic acids is 1. The summed E-state index contributed by atoms with van der Waals surface area (Å²) in [5, 5.41) is 6.15. The summed E-state index contributed by atoms with van der Waals surface area (Å²) >= 11 is 0. The Hall–Kier alpha value is -2.27. The van der Waals surface area contributed by atoms with E-state index in [1.54, 1.807) is 19.4 Å². The minimum absolute atomic E-state index is 0.0550. The summed E-state index contributed by atoms with van der Waals surface area (Å²) in [7, 11) is 1.65. The highest BCUT2D eigenvalue weighted by Gasteiger charge is 2.16. The van der Waals surface area contributed by atoms with Gasteiger partial charge in [0.05, 0.1) is 26.5 Å². The van der Waals surface area contributed by atoms with Crippen molar-refractivity contribution in [3.8, 4) is 5.75 Å². The molecular weight excluding hydrogens is 292 g/mol. The van der Waals surface area contributed by atoms with E-state index < -0.39 is 0 Å². The molecule has 0 aliphatic rings. The summed E-state index contributed by atoms with van der Waals surface area (Å²) in [6.07, 6.45) is 1.60. The van der Waals surface area contributed by atoms with Crippen LogP contribution in [0.25, 0.3) is 0 Å². The number of methoxy groups -OCH3 is 1. The van der Waals surface area contributed by atoms with Gasteiger partial charge >= 0.3 is 0 Å². The molecule has 1 aromatic heterocycles. The summed E-state index contributed by atoms with van der Waals surface area (Å²) in [6, 6.07) is 11.7. The standard InChI is InChI=1S/C18H24N2O3/c1-13(2)18(14-6-8-15(22-3)9-7-14)20-12-17(21)19-11-16-5-4-10-23-16/h4-10,13,18,20H,11-12H2,1-3H3,(H,19,21)/t18-/m1/s1. The molecule has 2 rings (SSSR count). The zero-order chi connectivity index (χ0) is 16.7. The summed E-state index contributed by atoms with van der Waals surface area (Å²) in [4.78, 5) is 12.0. The Bertz CT molecular complexity index is 591. The van der Waals surface area contributed by atoms with Gasteiger partial charge in [-0.3, -0.25) is 4.79 Å². The minimum atomic E-state index is -0.0550. The van der Waals surface area contributed by atoms with Gasteiger partial charge in [0, 0.05) is 6.04 Å². The number of benzene rings is 1. The van der Waals surface area contributed by atoms with Gasteiger partial charge in [-0.15, -0.1) is 0 Å². The smallest absolute Gasteiger partial charge is 0.234 e. The first kappa shape index (κ1) is 17.1. The first-order valence-electron chi connectivity index (χ1n) is 7.76. The van der Waals surface area contributed by atoms with E-state index in [2.05, 4.69) is 24.5 Å². The van der Waals surface area contributed by atoms with Crippen molar-refractivity contribution in [1.82, 2.24) is 10.6 Å². The van der Waals surface area contributed by atoms with Gasteiger partial charge in [-0.05, 0) is 35.7 Å². The van der Waals surface area contributed by atoms with Gasteiger partial charge in [0.25, 0.3) is 0 Å². The SMILES string of the molecule is COc1ccc([C@H](NCC(=O)NCc2ccco2)C(C)C)cc1. The molecule has 5 heteroatoms. The summed E-state index contributed by atoms with van der Waals surface area (Å²) in [5.41, 5.74) is 1.14. The summed E-state index contributed by atoms with van der Waals surface area (Å²) in [6.45, 7) is 4.92. The third-order valence-electron chi connectivity index (χ3n) is 3.66. The van der Waals surface area contributed by atoms with Crippen molar-refractivity contribution in [2.45, 2.75) is 26.4 Å². The molecule has 0 saturated carbocycles. The molecule has 0 saturated heterocycles. The number of rotatable bonds is 8. The van der Waals surface area contributed by atoms with Crippen LogP contribution in [0.3, 0.4) is 0 Å². The molecule has 1 atom stereocenters. The van der Waals surface area contributed by atoms with E-state index in [9.17, 15) is 4.79 Å². The van der Waals surface area contributed by atoms with E-state index in [4.69, 9.17) is 9.15 Å². The second-order valence-corrected chi connectivity index (χ2v) is 5.73. The molecule has 1 aromatic carbocycles. The van der Waals surface area contributed by atoms with Crippen molar-refractivity contribution in [3.63, 3.8) is 0 Å². The molecule has 124 valence electrons. The van der Waals surface area contributed by atoms with Crippen molar-refractivity contribution < 1.29 is 13.9 Å². The Morgan fingerprint density at radius 1 is 1.22 bits per heavy atom. The molecule has 0 radical (unpaired) electrons. The monoisotopic (exact) mass is 316 g/mol. The third-order valence-corrected chi connectivity index (χ3v) is 3.66. The number of furan rings is 1. The predicted octanol–water partition coefficient (Wildman–Crippen LogP) is 2.89. The van der Waals surface area contributed by atoms with Gasteiger partial charge in [0.15, 0.2) is 0 Å². The fourth-order valence-electron chi connectivity index (χ4n) is 2.41. The molecule has 0 spiro atoms. The van der Waals surface area contributed by atoms with Gasteiger partial charge in [0.1, 0.15) is 11.5 Å². The zero-order valence-corrected chi connectivity index (χ0v) is 13.8. The van der Waals surface area contributed by atoms with Crippen LogP contribution < -0.4 is 15.4 Å². The minimum Gasteiger partial charge on any atom is -0.497 e. The highest BCUT2D eigenvalue weighted by Crippen LogP contribution is 2.23. The molecule has 1 heterocycles. The second-order valence-electron chi connectivity index (χ2n) is 5.73. The number of carbonyl (C=O) groups is 1. The Balaban J connectivity index is 1.87. The number of amides is 1. The predicted molar refractivity (Wildman–Crippen MR) is 89.1 cm³/mol. The van der Waals surface area contributed by atoms with Crippen LogP contribution >= 0.6 is 0 Å². The maximum Gasteiger partial charge on any atom is 0.234 e.